The lowest BCUT2D eigenvalue weighted by molar-refractivity contribution is 0.0842. The number of H-pyrrole nitrogens is 1. The fourth-order valence-corrected chi connectivity index (χ4v) is 2.50. The normalized spacial score (nSPS) is 13.4. The number of nitrogens with one attached hydrogen (secondary N) is 2. The minimum atomic E-state index is -1.03. The van der Waals surface area contributed by atoms with Gasteiger partial charge in [-0.3, -0.25) is 9.59 Å². The molecule has 0 aliphatic carbocycles. The van der Waals surface area contributed by atoms with E-state index in [-0.39, 0.29) is 5.82 Å². The number of benzene rings is 2. The first-order valence-corrected chi connectivity index (χ1v) is 7.69. The van der Waals surface area contributed by atoms with E-state index < -0.39 is 29.4 Å². The molecule has 0 aliphatic heterocycles. The summed E-state index contributed by atoms with van der Waals surface area (Å²) in [6, 6.07) is 11.4. The monoisotopic (exact) mass is 341 g/mol. The van der Waals surface area contributed by atoms with Gasteiger partial charge in [0.15, 0.2) is 5.82 Å². The van der Waals surface area contributed by atoms with Crippen molar-refractivity contribution in [2.45, 2.75) is 19.1 Å². The highest BCUT2D eigenvalue weighted by molar-refractivity contribution is 5.92. The van der Waals surface area contributed by atoms with Gasteiger partial charge in [-0.15, -0.1) is 0 Å². The van der Waals surface area contributed by atoms with Crippen molar-refractivity contribution in [3.63, 3.8) is 0 Å². The summed E-state index contributed by atoms with van der Waals surface area (Å²) in [7, 11) is 0. The Hall–Kier alpha value is -3.06. The highest BCUT2D eigenvalue weighted by Gasteiger charge is 2.20. The molecule has 7 heteroatoms. The average molecular weight is 341 g/mol. The molecule has 2 unspecified atom stereocenters. The molecule has 2 aromatic carbocycles. The van der Waals surface area contributed by atoms with Gasteiger partial charge in [0, 0.05) is 0 Å². The maximum Gasteiger partial charge on any atom is 0.287 e. The van der Waals surface area contributed by atoms with Gasteiger partial charge >= 0.3 is 0 Å². The predicted molar refractivity (Wildman–Crippen MR) is 90.7 cm³/mol. The number of hydrogen-bond donors (Lipinski definition) is 3. The molecule has 0 aliphatic rings. The SMILES string of the molecule is CC(NC(=O)c1nc2ccccc2c(=O)[nH]1)C(O)c1ccc(F)cc1. The molecule has 1 aromatic heterocycles. The van der Waals surface area contributed by atoms with E-state index in [1.54, 1.807) is 31.2 Å². The first-order valence-electron chi connectivity index (χ1n) is 7.69. The molecule has 3 rings (SSSR count). The third kappa shape index (κ3) is 3.56. The molecule has 2 atom stereocenters. The Bertz CT molecular complexity index is 969. The number of fused-ring (bicyclic) bond motifs is 1. The number of rotatable bonds is 4. The number of amides is 1. The highest BCUT2D eigenvalue weighted by Crippen LogP contribution is 2.17. The summed E-state index contributed by atoms with van der Waals surface area (Å²) in [6.07, 6.45) is -1.03. The maximum atomic E-state index is 13.0. The number of carbonyl (C=O) groups excluding carboxylic acids is 1. The lowest BCUT2D eigenvalue weighted by Crippen LogP contribution is -2.38. The fourth-order valence-electron chi connectivity index (χ4n) is 2.50. The predicted octanol–water partition coefficient (Wildman–Crippen LogP) is 1.91. The smallest absolute Gasteiger partial charge is 0.287 e. The standard InChI is InChI=1S/C18H16FN3O3/c1-10(15(23)11-6-8-12(19)9-7-11)20-18(25)16-21-14-5-3-2-4-13(14)17(24)22-16/h2-10,15,23H,1H3,(H,20,25)(H,21,22,24). The first kappa shape index (κ1) is 16.8. The van der Waals surface area contributed by atoms with Gasteiger partial charge < -0.3 is 15.4 Å². The molecule has 3 aromatic rings. The van der Waals surface area contributed by atoms with Crippen LogP contribution in [0.4, 0.5) is 4.39 Å². The summed E-state index contributed by atoms with van der Waals surface area (Å²) in [4.78, 5) is 30.9. The minimum absolute atomic E-state index is 0.137. The van der Waals surface area contributed by atoms with E-state index in [2.05, 4.69) is 15.3 Å². The summed E-state index contributed by atoms with van der Waals surface area (Å²) < 4.78 is 13.0. The minimum Gasteiger partial charge on any atom is -0.386 e. The lowest BCUT2D eigenvalue weighted by atomic mass is 10.0. The summed E-state index contributed by atoms with van der Waals surface area (Å²) in [6.45, 7) is 1.60. The van der Waals surface area contributed by atoms with Gasteiger partial charge in [0.25, 0.3) is 11.5 Å². The maximum absolute atomic E-state index is 13.0. The molecule has 128 valence electrons. The molecule has 1 heterocycles. The number of nitrogens with zero attached hydrogens (tertiary/aromatic N) is 1. The van der Waals surface area contributed by atoms with Crippen molar-refractivity contribution in [1.82, 2.24) is 15.3 Å². The summed E-state index contributed by atoms with van der Waals surface area (Å²) in [5, 5.41) is 13.2. The van der Waals surface area contributed by atoms with Crippen molar-refractivity contribution in [3.8, 4) is 0 Å². The van der Waals surface area contributed by atoms with Gasteiger partial charge in [-0.25, -0.2) is 9.37 Å². The van der Waals surface area contributed by atoms with Crippen LogP contribution in [0.5, 0.6) is 0 Å². The second kappa shape index (κ2) is 6.82. The van der Waals surface area contributed by atoms with Crippen LogP contribution in [-0.4, -0.2) is 27.0 Å². The second-order valence-corrected chi connectivity index (χ2v) is 5.69. The molecule has 3 N–H and O–H groups in total. The molecule has 0 spiro atoms. The van der Waals surface area contributed by atoms with E-state index in [0.29, 0.717) is 16.5 Å². The third-order valence-corrected chi connectivity index (χ3v) is 3.87. The molecular weight excluding hydrogens is 325 g/mol. The zero-order valence-electron chi connectivity index (χ0n) is 13.4. The number of para-hydroxylation sites is 1. The van der Waals surface area contributed by atoms with Gasteiger partial charge in [-0.2, -0.15) is 0 Å². The van der Waals surface area contributed by atoms with Crippen molar-refractivity contribution in [3.05, 3.63) is 76.1 Å². The molecule has 0 radical (unpaired) electrons. The number of aliphatic hydroxyl groups is 1. The van der Waals surface area contributed by atoms with Crippen LogP contribution in [-0.2, 0) is 0 Å². The Morgan fingerprint density at radius 3 is 2.60 bits per heavy atom. The summed E-state index contributed by atoms with van der Waals surface area (Å²) in [5.41, 5.74) is 0.458. The number of hydrogen-bond acceptors (Lipinski definition) is 4. The Morgan fingerprint density at radius 2 is 1.88 bits per heavy atom. The Labute approximate surface area is 142 Å². The zero-order chi connectivity index (χ0) is 18.0. The van der Waals surface area contributed by atoms with Crippen molar-refractivity contribution < 1.29 is 14.3 Å². The van der Waals surface area contributed by atoms with Gasteiger partial charge in [0.1, 0.15) is 5.82 Å². The van der Waals surface area contributed by atoms with E-state index in [1.165, 1.54) is 24.3 Å². The molecule has 0 fully saturated rings. The van der Waals surface area contributed by atoms with Gasteiger partial charge in [0.2, 0.25) is 0 Å². The van der Waals surface area contributed by atoms with E-state index in [0.717, 1.165) is 0 Å². The van der Waals surface area contributed by atoms with E-state index >= 15 is 0 Å². The van der Waals surface area contributed by atoms with E-state index in [9.17, 15) is 19.1 Å². The molecular formula is C18H16FN3O3. The quantitative estimate of drug-likeness (QED) is 0.675. The van der Waals surface area contributed by atoms with Crippen LogP contribution in [0.3, 0.4) is 0 Å². The van der Waals surface area contributed by atoms with E-state index in [4.69, 9.17) is 0 Å². The molecule has 0 bridgehead atoms. The topological polar surface area (TPSA) is 95.1 Å². The molecule has 1 amide bonds. The second-order valence-electron chi connectivity index (χ2n) is 5.69. The fraction of sp³-hybridized carbons (Fsp3) is 0.167. The Morgan fingerprint density at radius 1 is 1.20 bits per heavy atom. The lowest BCUT2D eigenvalue weighted by Gasteiger charge is -2.20. The van der Waals surface area contributed by atoms with Crippen LogP contribution in [0.1, 0.15) is 29.2 Å². The Kier molecular flexibility index (Phi) is 4.58. The summed E-state index contributed by atoms with van der Waals surface area (Å²) in [5.74, 6) is -1.16. The van der Waals surface area contributed by atoms with Crippen molar-refractivity contribution >= 4 is 16.8 Å². The summed E-state index contributed by atoms with van der Waals surface area (Å²) >= 11 is 0. The number of aliphatic hydroxyl groups excluding tert-OH is 1. The average Bonchev–Trinajstić information content (AvgIpc) is 2.61. The van der Waals surface area contributed by atoms with Crippen molar-refractivity contribution in [2.75, 3.05) is 0 Å². The van der Waals surface area contributed by atoms with Crippen LogP contribution in [0.15, 0.2) is 53.3 Å². The number of carbonyl (C=O) groups is 1. The van der Waals surface area contributed by atoms with Crippen LogP contribution >= 0.6 is 0 Å². The first-order chi connectivity index (χ1) is 12.0. The van der Waals surface area contributed by atoms with Gasteiger partial charge in [0.05, 0.1) is 23.0 Å². The van der Waals surface area contributed by atoms with Gasteiger partial charge in [-0.05, 0) is 36.8 Å². The van der Waals surface area contributed by atoms with Crippen molar-refractivity contribution in [2.24, 2.45) is 0 Å². The number of halogens is 1. The highest BCUT2D eigenvalue weighted by atomic mass is 19.1. The zero-order valence-corrected chi connectivity index (χ0v) is 13.4. The number of aromatic amines is 1. The molecule has 0 saturated heterocycles. The van der Waals surface area contributed by atoms with Crippen LogP contribution in [0, 0.1) is 5.82 Å². The van der Waals surface area contributed by atoms with E-state index in [1.807, 2.05) is 0 Å². The molecule has 6 nitrogen and oxygen atoms in total. The Balaban J connectivity index is 1.79. The number of aromatic nitrogens is 2. The molecule has 0 saturated carbocycles. The van der Waals surface area contributed by atoms with Gasteiger partial charge in [-0.1, -0.05) is 24.3 Å². The van der Waals surface area contributed by atoms with Crippen LogP contribution in [0.25, 0.3) is 10.9 Å². The van der Waals surface area contributed by atoms with Crippen molar-refractivity contribution in [1.29, 1.82) is 0 Å². The molecule has 25 heavy (non-hydrogen) atoms. The van der Waals surface area contributed by atoms with Crippen LogP contribution < -0.4 is 10.9 Å². The largest absolute Gasteiger partial charge is 0.386 e. The third-order valence-electron chi connectivity index (χ3n) is 3.87. The van der Waals surface area contributed by atoms with Crippen LogP contribution in [0.2, 0.25) is 0 Å².